The Bertz CT molecular complexity index is 608. The van der Waals surface area contributed by atoms with Crippen molar-refractivity contribution in [2.24, 2.45) is 5.41 Å². The van der Waals surface area contributed by atoms with Gasteiger partial charge in [-0.15, -0.1) is 0 Å². The molecule has 6 heteroatoms. The topological polar surface area (TPSA) is 82.3 Å². The molecule has 0 bridgehead atoms. The van der Waals surface area contributed by atoms with Gasteiger partial charge in [0.2, 0.25) is 5.91 Å². The Labute approximate surface area is 117 Å². The fourth-order valence-electron chi connectivity index (χ4n) is 2.53. The molecule has 0 aliphatic carbocycles. The lowest BCUT2D eigenvalue weighted by molar-refractivity contribution is -0.128. The third-order valence-electron chi connectivity index (χ3n) is 3.82. The van der Waals surface area contributed by atoms with Crippen LogP contribution in [-0.4, -0.2) is 41.8 Å². The van der Waals surface area contributed by atoms with Crippen molar-refractivity contribution in [1.82, 2.24) is 15.2 Å². The minimum absolute atomic E-state index is 0.0781. The van der Waals surface area contributed by atoms with Crippen LogP contribution in [0.4, 0.5) is 0 Å². The number of nitrogens with one attached hydrogen (secondary N) is 2. The number of nitrogens with zero attached hydrogens (tertiary/aromatic N) is 1. The first kappa shape index (κ1) is 14.3. The van der Waals surface area contributed by atoms with Crippen molar-refractivity contribution in [1.29, 1.82) is 0 Å². The Morgan fingerprint density at radius 3 is 2.75 bits per heavy atom. The predicted octanol–water partition coefficient (Wildman–Crippen LogP) is 0.282. The van der Waals surface area contributed by atoms with Crippen molar-refractivity contribution in [3.63, 3.8) is 0 Å². The molecule has 1 aliphatic rings. The minimum atomic E-state index is -0.581. The van der Waals surface area contributed by atoms with Gasteiger partial charge in [0.05, 0.1) is 5.41 Å². The van der Waals surface area contributed by atoms with E-state index in [0.29, 0.717) is 25.2 Å². The quantitative estimate of drug-likeness (QED) is 0.814. The molecular weight excluding hydrogens is 258 g/mol. The van der Waals surface area contributed by atoms with Crippen LogP contribution in [0.3, 0.4) is 0 Å². The first-order valence-corrected chi connectivity index (χ1v) is 6.58. The number of pyridine rings is 1. The minimum Gasteiger partial charge on any atom is -0.364 e. The van der Waals surface area contributed by atoms with E-state index in [-0.39, 0.29) is 22.8 Å². The number of aryl methyl sites for hydroxylation is 1. The summed E-state index contributed by atoms with van der Waals surface area (Å²) in [6, 6.07) is 1.40. The second kappa shape index (κ2) is 5.11. The molecule has 20 heavy (non-hydrogen) atoms. The van der Waals surface area contributed by atoms with Crippen LogP contribution in [0.25, 0.3) is 0 Å². The van der Waals surface area contributed by atoms with Crippen molar-refractivity contribution in [3.05, 3.63) is 33.7 Å². The summed E-state index contributed by atoms with van der Waals surface area (Å²) in [7, 11) is 1.59. The summed E-state index contributed by atoms with van der Waals surface area (Å²) in [6.07, 6.45) is 2.04. The summed E-state index contributed by atoms with van der Waals surface area (Å²) in [5.41, 5.74) is -0.0401. The van der Waals surface area contributed by atoms with Crippen LogP contribution in [0.2, 0.25) is 0 Å². The number of aromatic nitrogens is 1. The molecule has 1 saturated heterocycles. The number of likely N-dealkylation sites (tertiary alicyclic amines) is 1. The number of aromatic amines is 1. The number of hydrogen-bond donors (Lipinski definition) is 2. The third kappa shape index (κ3) is 2.45. The monoisotopic (exact) mass is 277 g/mol. The van der Waals surface area contributed by atoms with E-state index < -0.39 is 5.41 Å². The average Bonchev–Trinajstić information content (AvgIpc) is 2.81. The van der Waals surface area contributed by atoms with Gasteiger partial charge < -0.3 is 15.2 Å². The smallest absolute Gasteiger partial charge is 0.259 e. The largest absolute Gasteiger partial charge is 0.364 e. The van der Waals surface area contributed by atoms with Crippen LogP contribution in [0.1, 0.15) is 29.4 Å². The molecule has 0 spiro atoms. The van der Waals surface area contributed by atoms with E-state index >= 15 is 0 Å². The van der Waals surface area contributed by atoms with Crippen molar-refractivity contribution in [2.75, 3.05) is 20.1 Å². The maximum Gasteiger partial charge on any atom is 0.259 e. The number of rotatable bonds is 2. The summed E-state index contributed by atoms with van der Waals surface area (Å²) < 4.78 is 0. The van der Waals surface area contributed by atoms with Gasteiger partial charge in [0.15, 0.2) is 5.43 Å². The highest BCUT2D eigenvalue weighted by atomic mass is 16.2. The van der Waals surface area contributed by atoms with Gasteiger partial charge in [-0.1, -0.05) is 0 Å². The molecule has 2 N–H and O–H groups in total. The van der Waals surface area contributed by atoms with Crippen LogP contribution >= 0.6 is 0 Å². The SMILES string of the molecule is CNC(=O)C1(C)CCN(C(=O)c2c[nH]c(C)cc2=O)C1. The van der Waals surface area contributed by atoms with Crippen LogP contribution < -0.4 is 10.7 Å². The van der Waals surface area contributed by atoms with Gasteiger partial charge in [-0.05, 0) is 20.3 Å². The van der Waals surface area contributed by atoms with E-state index in [1.807, 2.05) is 6.92 Å². The fraction of sp³-hybridized carbons (Fsp3) is 0.500. The van der Waals surface area contributed by atoms with E-state index in [4.69, 9.17) is 0 Å². The van der Waals surface area contributed by atoms with Gasteiger partial charge in [0.25, 0.3) is 5.91 Å². The molecule has 6 nitrogen and oxygen atoms in total. The molecule has 108 valence electrons. The second-order valence-electron chi connectivity index (χ2n) is 5.51. The summed E-state index contributed by atoms with van der Waals surface area (Å²) in [6.45, 7) is 4.40. The van der Waals surface area contributed by atoms with Crippen LogP contribution in [0.15, 0.2) is 17.1 Å². The molecule has 1 aromatic rings. The zero-order chi connectivity index (χ0) is 14.9. The Morgan fingerprint density at radius 2 is 2.15 bits per heavy atom. The highest BCUT2D eigenvalue weighted by Crippen LogP contribution is 2.30. The number of hydrogen-bond acceptors (Lipinski definition) is 3. The standard InChI is InChI=1S/C14H19N3O3/c1-9-6-11(18)10(7-16-9)12(19)17-5-4-14(2,8-17)13(20)15-3/h6-7H,4-5,8H2,1-3H3,(H,15,20)(H,16,18). The number of amides is 2. The lowest BCUT2D eigenvalue weighted by atomic mass is 9.89. The number of H-pyrrole nitrogens is 1. The molecule has 2 rings (SSSR count). The lowest BCUT2D eigenvalue weighted by Crippen LogP contribution is -2.41. The Morgan fingerprint density at radius 1 is 1.45 bits per heavy atom. The van der Waals surface area contributed by atoms with Gasteiger partial charge in [-0.3, -0.25) is 14.4 Å². The van der Waals surface area contributed by atoms with Gasteiger partial charge in [0.1, 0.15) is 5.56 Å². The van der Waals surface area contributed by atoms with E-state index in [2.05, 4.69) is 10.3 Å². The van der Waals surface area contributed by atoms with E-state index in [0.717, 1.165) is 0 Å². The van der Waals surface area contributed by atoms with Crippen LogP contribution in [0, 0.1) is 12.3 Å². The molecule has 0 aromatic carbocycles. The zero-order valence-corrected chi connectivity index (χ0v) is 11.9. The summed E-state index contributed by atoms with van der Waals surface area (Å²) in [5, 5.41) is 2.62. The third-order valence-corrected chi connectivity index (χ3v) is 3.82. The predicted molar refractivity (Wildman–Crippen MR) is 74.5 cm³/mol. The first-order chi connectivity index (χ1) is 9.37. The van der Waals surface area contributed by atoms with Gasteiger partial charge in [-0.2, -0.15) is 0 Å². The zero-order valence-electron chi connectivity index (χ0n) is 11.9. The molecule has 1 unspecified atom stereocenters. The van der Waals surface area contributed by atoms with E-state index in [9.17, 15) is 14.4 Å². The first-order valence-electron chi connectivity index (χ1n) is 6.58. The van der Waals surface area contributed by atoms with Crippen molar-refractivity contribution in [3.8, 4) is 0 Å². The molecule has 1 aromatic heterocycles. The maximum atomic E-state index is 12.4. The van der Waals surface area contributed by atoms with Gasteiger partial charge in [0, 0.05) is 38.1 Å². The summed E-state index contributed by atoms with van der Waals surface area (Å²) >= 11 is 0. The van der Waals surface area contributed by atoms with E-state index in [1.54, 1.807) is 18.9 Å². The molecule has 0 saturated carbocycles. The normalized spacial score (nSPS) is 21.9. The molecule has 1 fully saturated rings. The molecule has 0 radical (unpaired) electrons. The van der Waals surface area contributed by atoms with E-state index in [1.165, 1.54) is 12.3 Å². The van der Waals surface area contributed by atoms with Gasteiger partial charge >= 0.3 is 0 Å². The Kier molecular flexibility index (Phi) is 3.65. The number of carbonyl (C=O) groups is 2. The maximum absolute atomic E-state index is 12.4. The van der Waals surface area contributed by atoms with Crippen molar-refractivity contribution >= 4 is 11.8 Å². The van der Waals surface area contributed by atoms with Crippen LogP contribution in [0.5, 0.6) is 0 Å². The molecular formula is C14H19N3O3. The Balaban J connectivity index is 2.20. The van der Waals surface area contributed by atoms with Gasteiger partial charge in [-0.25, -0.2) is 0 Å². The second-order valence-corrected chi connectivity index (χ2v) is 5.51. The fourth-order valence-corrected chi connectivity index (χ4v) is 2.53. The van der Waals surface area contributed by atoms with Crippen molar-refractivity contribution in [2.45, 2.75) is 20.3 Å². The number of carbonyl (C=O) groups excluding carboxylic acids is 2. The molecule has 1 aliphatic heterocycles. The molecule has 2 heterocycles. The Hall–Kier alpha value is -2.11. The highest BCUT2D eigenvalue weighted by Gasteiger charge is 2.41. The summed E-state index contributed by atoms with van der Waals surface area (Å²) in [4.78, 5) is 40.5. The average molecular weight is 277 g/mol. The van der Waals surface area contributed by atoms with Crippen molar-refractivity contribution < 1.29 is 9.59 Å². The highest BCUT2D eigenvalue weighted by molar-refractivity contribution is 5.95. The molecule has 2 amide bonds. The lowest BCUT2D eigenvalue weighted by Gasteiger charge is -2.22. The summed E-state index contributed by atoms with van der Waals surface area (Å²) in [5.74, 6) is -0.399. The molecule has 1 atom stereocenters. The van der Waals surface area contributed by atoms with Crippen LogP contribution in [-0.2, 0) is 4.79 Å².